The van der Waals surface area contributed by atoms with Gasteiger partial charge in [0.15, 0.2) is 0 Å². The number of rotatable bonds is 9. The van der Waals surface area contributed by atoms with Gasteiger partial charge in [-0.15, -0.1) is 0 Å². The predicted molar refractivity (Wildman–Crippen MR) is 130 cm³/mol. The summed E-state index contributed by atoms with van der Waals surface area (Å²) in [6.07, 6.45) is 0.342. The van der Waals surface area contributed by atoms with E-state index in [1.165, 1.54) is 11.1 Å². The minimum Gasteiger partial charge on any atom is -0.491 e. The van der Waals surface area contributed by atoms with Crippen molar-refractivity contribution >= 4 is 11.6 Å². The smallest absolute Gasteiger partial charge is 0.119 e. The summed E-state index contributed by atoms with van der Waals surface area (Å²) in [7, 11) is 0. The zero-order chi connectivity index (χ0) is 22.3. The van der Waals surface area contributed by atoms with Crippen molar-refractivity contribution in [1.82, 2.24) is 5.32 Å². The first-order valence-corrected chi connectivity index (χ1v) is 11.2. The molecule has 1 atom stereocenters. The fraction of sp³-hybridized carbons (Fsp3) is 0.333. The van der Waals surface area contributed by atoms with Gasteiger partial charge in [-0.1, -0.05) is 87.0 Å². The Bertz CT molecular complexity index is 946. The molecule has 3 aromatic carbocycles. The Morgan fingerprint density at radius 1 is 0.935 bits per heavy atom. The van der Waals surface area contributed by atoms with Crippen molar-refractivity contribution in [3.63, 3.8) is 0 Å². The van der Waals surface area contributed by atoms with E-state index in [-0.39, 0.29) is 12.0 Å². The average molecular weight is 438 g/mol. The van der Waals surface area contributed by atoms with E-state index in [4.69, 9.17) is 16.3 Å². The van der Waals surface area contributed by atoms with Crippen LogP contribution in [0.4, 0.5) is 0 Å². The maximum absolute atomic E-state index is 10.2. The Morgan fingerprint density at radius 2 is 1.61 bits per heavy atom. The van der Waals surface area contributed by atoms with E-state index in [2.05, 4.69) is 62.5 Å². The summed E-state index contributed by atoms with van der Waals surface area (Å²) in [4.78, 5) is 0. The van der Waals surface area contributed by atoms with Crippen molar-refractivity contribution in [3.05, 3.63) is 88.9 Å². The van der Waals surface area contributed by atoms with Crippen LogP contribution in [-0.2, 0) is 11.8 Å². The van der Waals surface area contributed by atoms with Gasteiger partial charge in [-0.3, -0.25) is 0 Å². The number of halogens is 1. The summed E-state index contributed by atoms with van der Waals surface area (Å²) in [5.41, 5.74) is 4.79. The van der Waals surface area contributed by atoms with Gasteiger partial charge in [-0.25, -0.2) is 0 Å². The highest BCUT2D eigenvalue weighted by Crippen LogP contribution is 2.27. The van der Waals surface area contributed by atoms with E-state index >= 15 is 0 Å². The number of hydrogen-bond acceptors (Lipinski definition) is 3. The van der Waals surface area contributed by atoms with Crippen molar-refractivity contribution in [2.75, 3.05) is 19.7 Å². The third-order valence-electron chi connectivity index (χ3n) is 5.27. The van der Waals surface area contributed by atoms with Crippen LogP contribution in [0.25, 0.3) is 11.1 Å². The highest BCUT2D eigenvalue weighted by Gasteiger charge is 2.13. The number of aliphatic hydroxyl groups is 1. The lowest BCUT2D eigenvalue weighted by Crippen LogP contribution is -2.32. The molecule has 164 valence electrons. The highest BCUT2D eigenvalue weighted by atomic mass is 35.5. The molecular weight excluding hydrogens is 406 g/mol. The van der Waals surface area contributed by atoms with Gasteiger partial charge in [0.25, 0.3) is 0 Å². The highest BCUT2D eigenvalue weighted by molar-refractivity contribution is 6.33. The third kappa shape index (κ3) is 7.10. The largest absolute Gasteiger partial charge is 0.491 e. The molecule has 0 aromatic heterocycles. The summed E-state index contributed by atoms with van der Waals surface area (Å²) < 4.78 is 5.71. The summed E-state index contributed by atoms with van der Waals surface area (Å²) in [5.74, 6) is 0.783. The van der Waals surface area contributed by atoms with Crippen LogP contribution in [0.1, 0.15) is 31.9 Å². The van der Waals surface area contributed by atoms with E-state index in [0.717, 1.165) is 34.9 Å². The summed E-state index contributed by atoms with van der Waals surface area (Å²) in [6.45, 7) is 8.12. The van der Waals surface area contributed by atoms with Gasteiger partial charge in [0.2, 0.25) is 0 Å². The van der Waals surface area contributed by atoms with Crippen molar-refractivity contribution in [2.24, 2.45) is 0 Å². The second-order valence-corrected chi connectivity index (χ2v) is 9.28. The molecule has 0 aliphatic carbocycles. The Balaban J connectivity index is 1.37. The Hall–Kier alpha value is -2.33. The van der Waals surface area contributed by atoms with Crippen LogP contribution in [0, 0.1) is 0 Å². The van der Waals surface area contributed by atoms with Crippen LogP contribution in [0.5, 0.6) is 5.75 Å². The fourth-order valence-electron chi connectivity index (χ4n) is 3.35. The molecule has 1 unspecified atom stereocenters. The van der Waals surface area contributed by atoms with E-state index < -0.39 is 6.10 Å². The monoisotopic (exact) mass is 437 g/mol. The van der Waals surface area contributed by atoms with E-state index in [1.807, 2.05) is 36.4 Å². The lowest BCUT2D eigenvalue weighted by atomic mass is 9.87. The van der Waals surface area contributed by atoms with E-state index in [0.29, 0.717) is 6.54 Å². The average Bonchev–Trinajstić information content (AvgIpc) is 2.76. The van der Waals surface area contributed by atoms with Gasteiger partial charge in [0.05, 0.1) is 0 Å². The van der Waals surface area contributed by atoms with Crippen LogP contribution in [0.2, 0.25) is 5.02 Å². The normalized spacial score (nSPS) is 12.5. The first-order chi connectivity index (χ1) is 14.8. The zero-order valence-electron chi connectivity index (χ0n) is 18.6. The molecule has 2 N–H and O–H groups in total. The minimum atomic E-state index is -0.551. The standard InChI is InChI=1S/C27H32ClNO2/c1-27(2,3)22-12-14-24(15-13-22)31-19-23(30)18-29-17-16-20-8-10-21(11-9-20)25-6-4-5-7-26(25)28/h4-15,23,29-30H,16-19H2,1-3H3. The first-order valence-electron chi connectivity index (χ1n) is 10.8. The van der Waals surface area contributed by atoms with Gasteiger partial charge in [0, 0.05) is 17.1 Å². The second kappa shape index (κ2) is 10.8. The molecule has 31 heavy (non-hydrogen) atoms. The van der Waals surface area contributed by atoms with Crippen molar-refractivity contribution in [2.45, 2.75) is 38.7 Å². The molecule has 0 aliphatic heterocycles. The summed E-state index contributed by atoms with van der Waals surface area (Å²) >= 11 is 6.28. The molecule has 0 spiro atoms. The summed E-state index contributed by atoms with van der Waals surface area (Å²) in [6, 6.07) is 24.4. The predicted octanol–water partition coefficient (Wildman–Crippen LogP) is 5.88. The maximum atomic E-state index is 10.2. The minimum absolute atomic E-state index is 0.122. The van der Waals surface area contributed by atoms with Gasteiger partial charge in [-0.05, 0) is 53.3 Å². The van der Waals surface area contributed by atoms with Crippen molar-refractivity contribution in [3.8, 4) is 16.9 Å². The van der Waals surface area contributed by atoms with Gasteiger partial charge in [-0.2, -0.15) is 0 Å². The molecule has 0 fully saturated rings. The van der Waals surface area contributed by atoms with Gasteiger partial charge >= 0.3 is 0 Å². The molecule has 0 heterocycles. The molecule has 3 nitrogen and oxygen atoms in total. The van der Waals surface area contributed by atoms with Gasteiger partial charge < -0.3 is 15.2 Å². The Labute approximate surface area is 191 Å². The number of aliphatic hydroxyl groups excluding tert-OH is 1. The molecule has 3 rings (SSSR count). The topological polar surface area (TPSA) is 41.5 Å². The van der Waals surface area contributed by atoms with Crippen molar-refractivity contribution < 1.29 is 9.84 Å². The first kappa shape index (κ1) is 23.3. The SMILES string of the molecule is CC(C)(C)c1ccc(OCC(O)CNCCc2ccc(-c3ccccc3Cl)cc2)cc1. The third-order valence-corrected chi connectivity index (χ3v) is 5.60. The molecule has 0 amide bonds. The molecule has 0 bridgehead atoms. The van der Waals surface area contributed by atoms with E-state index in [9.17, 15) is 5.11 Å². The molecular formula is C27H32ClNO2. The second-order valence-electron chi connectivity index (χ2n) is 8.87. The van der Waals surface area contributed by atoms with Gasteiger partial charge in [0.1, 0.15) is 18.5 Å². The molecule has 0 radical (unpaired) electrons. The lowest BCUT2D eigenvalue weighted by Gasteiger charge is -2.19. The zero-order valence-corrected chi connectivity index (χ0v) is 19.3. The van der Waals surface area contributed by atoms with Crippen LogP contribution in [-0.4, -0.2) is 30.9 Å². The molecule has 3 aromatic rings. The number of nitrogens with one attached hydrogen (secondary N) is 1. The quantitative estimate of drug-likeness (QED) is 0.411. The number of benzene rings is 3. The lowest BCUT2D eigenvalue weighted by molar-refractivity contribution is 0.106. The fourth-order valence-corrected chi connectivity index (χ4v) is 3.60. The van der Waals surface area contributed by atoms with E-state index in [1.54, 1.807) is 0 Å². The Kier molecular flexibility index (Phi) is 8.14. The molecule has 4 heteroatoms. The molecule has 0 saturated heterocycles. The number of ether oxygens (including phenoxy) is 1. The summed E-state index contributed by atoms with van der Waals surface area (Å²) in [5, 5.41) is 14.2. The van der Waals surface area contributed by atoms with Crippen LogP contribution >= 0.6 is 11.6 Å². The Morgan fingerprint density at radius 3 is 2.26 bits per heavy atom. The van der Waals surface area contributed by atoms with Crippen LogP contribution in [0.15, 0.2) is 72.8 Å². The molecule has 0 saturated carbocycles. The van der Waals surface area contributed by atoms with Crippen LogP contribution in [0.3, 0.4) is 0 Å². The van der Waals surface area contributed by atoms with Crippen molar-refractivity contribution in [1.29, 1.82) is 0 Å². The maximum Gasteiger partial charge on any atom is 0.119 e. The number of hydrogen-bond donors (Lipinski definition) is 2. The molecule has 0 aliphatic rings. The van der Waals surface area contributed by atoms with Crippen LogP contribution < -0.4 is 10.1 Å².